The van der Waals surface area contributed by atoms with Gasteiger partial charge in [0.05, 0.1) is 13.2 Å². The molecule has 1 unspecified atom stereocenters. The Balaban J connectivity index is 2.27. The first-order chi connectivity index (χ1) is 8.93. The molecule has 19 heavy (non-hydrogen) atoms. The van der Waals surface area contributed by atoms with Gasteiger partial charge in [0, 0.05) is 6.04 Å². The van der Waals surface area contributed by atoms with E-state index in [9.17, 15) is 0 Å². The molecule has 3 heteroatoms. The Hall–Kier alpha value is -1.06. The fraction of sp³-hybridized carbons (Fsp3) is 0.625. The molecule has 1 atom stereocenters. The molecule has 0 aromatic heterocycles. The molecule has 0 bridgehead atoms. The Kier molecular flexibility index (Phi) is 6.32. The van der Waals surface area contributed by atoms with Crippen LogP contribution >= 0.6 is 0 Å². The van der Waals surface area contributed by atoms with Gasteiger partial charge in [-0.25, -0.2) is 0 Å². The van der Waals surface area contributed by atoms with Crippen LogP contribution in [0.4, 0.5) is 0 Å². The summed E-state index contributed by atoms with van der Waals surface area (Å²) in [5.41, 5.74) is 7.25. The predicted molar refractivity (Wildman–Crippen MR) is 79.7 cm³/mol. The van der Waals surface area contributed by atoms with E-state index in [1.54, 1.807) is 0 Å². The Labute approximate surface area is 117 Å². The molecule has 1 rings (SSSR count). The van der Waals surface area contributed by atoms with Crippen molar-refractivity contribution in [3.63, 3.8) is 0 Å². The highest BCUT2D eigenvalue weighted by atomic mass is 16.5. The molecular weight excluding hydrogens is 238 g/mol. The zero-order valence-corrected chi connectivity index (χ0v) is 12.6. The van der Waals surface area contributed by atoms with Gasteiger partial charge >= 0.3 is 0 Å². The molecule has 108 valence electrons. The van der Waals surface area contributed by atoms with Gasteiger partial charge < -0.3 is 15.2 Å². The lowest BCUT2D eigenvalue weighted by Crippen LogP contribution is -2.26. The maximum absolute atomic E-state index is 5.76. The molecule has 0 aliphatic heterocycles. The molecule has 0 spiro atoms. The highest BCUT2D eigenvalue weighted by Gasteiger charge is 2.12. The van der Waals surface area contributed by atoms with Crippen molar-refractivity contribution >= 4 is 0 Å². The van der Waals surface area contributed by atoms with Crippen molar-refractivity contribution in [1.29, 1.82) is 0 Å². The average Bonchev–Trinajstić information content (AvgIpc) is 2.37. The number of nitrogens with two attached hydrogens (primary N) is 1. The topological polar surface area (TPSA) is 44.5 Å². The summed E-state index contributed by atoms with van der Waals surface area (Å²) in [6.45, 7) is 10.4. The number of hydrogen-bond donors (Lipinski definition) is 1. The number of rotatable bonds is 7. The van der Waals surface area contributed by atoms with Crippen molar-refractivity contribution in [1.82, 2.24) is 0 Å². The molecule has 0 saturated carbocycles. The van der Waals surface area contributed by atoms with Gasteiger partial charge in [0.2, 0.25) is 0 Å². The summed E-state index contributed by atoms with van der Waals surface area (Å²) in [6.07, 6.45) is 0.940. The first-order valence-electron chi connectivity index (χ1n) is 7.00. The van der Waals surface area contributed by atoms with Crippen LogP contribution in [0.2, 0.25) is 0 Å². The number of ether oxygens (including phenoxy) is 2. The first-order valence-corrected chi connectivity index (χ1v) is 7.00. The maximum atomic E-state index is 5.76. The molecule has 0 amide bonds. The molecule has 0 heterocycles. The highest BCUT2D eigenvalue weighted by molar-refractivity contribution is 5.31. The molecule has 3 nitrogen and oxygen atoms in total. The second kappa shape index (κ2) is 7.51. The van der Waals surface area contributed by atoms with Crippen molar-refractivity contribution in [2.75, 3.05) is 19.8 Å². The summed E-state index contributed by atoms with van der Waals surface area (Å²) in [7, 11) is 0. The largest absolute Gasteiger partial charge is 0.491 e. The van der Waals surface area contributed by atoms with E-state index in [0.29, 0.717) is 19.8 Å². The van der Waals surface area contributed by atoms with Crippen molar-refractivity contribution < 1.29 is 9.47 Å². The second-order valence-corrected chi connectivity index (χ2v) is 5.87. The lowest BCUT2D eigenvalue weighted by atomic mass is 9.87. The van der Waals surface area contributed by atoms with Gasteiger partial charge in [0.25, 0.3) is 0 Å². The van der Waals surface area contributed by atoms with Crippen molar-refractivity contribution in [3.8, 4) is 5.75 Å². The van der Waals surface area contributed by atoms with Crippen molar-refractivity contribution in [3.05, 3.63) is 29.8 Å². The second-order valence-electron chi connectivity index (χ2n) is 5.87. The normalized spacial score (nSPS) is 13.3. The van der Waals surface area contributed by atoms with Gasteiger partial charge in [-0.2, -0.15) is 0 Å². The van der Waals surface area contributed by atoms with E-state index >= 15 is 0 Å². The molecule has 0 aliphatic rings. The van der Waals surface area contributed by atoms with Gasteiger partial charge in [-0.1, -0.05) is 39.8 Å². The highest BCUT2D eigenvalue weighted by Crippen LogP contribution is 2.24. The average molecular weight is 265 g/mol. The fourth-order valence-corrected chi connectivity index (χ4v) is 1.62. The van der Waals surface area contributed by atoms with Crippen LogP contribution in [0.5, 0.6) is 5.75 Å². The smallest absolute Gasteiger partial charge is 0.119 e. The zero-order chi connectivity index (χ0) is 14.3. The van der Waals surface area contributed by atoms with Crippen LogP contribution in [0.15, 0.2) is 24.3 Å². The standard InChI is InChI=1S/C16H27NO2/c1-5-14(17)12-18-10-11-19-15-8-6-13(7-9-15)16(2,3)4/h6-9,14H,5,10-12,17H2,1-4H3. The van der Waals surface area contributed by atoms with Crippen LogP contribution in [0.3, 0.4) is 0 Å². The van der Waals surface area contributed by atoms with Gasteiger partial charge in [0.15, 0.2) is 0 Å². The third-order valence-corrected chi connectivity index (χ3v) is 3.07. The van der Waals surface area contributed by atoms with Crippen LogP contribution < -0.4 is 10.5 Å². The molecule has 0 aliphatic carbocycles. The third-order valence-electron chi connectivity index (χ3n) is 3.07. The van der Waals surface area contributed by atoms with E-state index in [-0.39, 0.29) is 11.5 Å². The minimum absolute atomic E-state index is 0.131. The Morgan fingerprint density at radius 3 is 2.26 bits per heavy atom. The van der Waals surface area contributed by atoms with E-state index in [2.05, 4.69) is 39.8 Å². The predicted octanol–water partition coefficient (Wildman–Crippen LogP) is 3.12. The molecule has 0 saturated heterocycles. The van der Waals surface area contributed by atoms with Crippen LogP contribution in [0.25, 0.3) is 0 Å². The number of benzene rings is 1. The lowest BCUT2D eigenvalue weighted by Gasteiger charge is -2.19. The molecule has 2 N–H and O–H groups in total. The van der Waals surface area contributed by atoms with Gasteiger partial charge in [-0.15, -0.1) is 0 Å². The monoisotopic (exact) mass is 265 g/mol. The molecule has 0 fully saturated rings. The minimum Gasteiger partial charge on any atom is -0.491 e. The quantitative estimate of drug-likeness (QED) is 0.770. The Morgan fingerprint density at radius 1 is 1.11 bits per heavy atom. The summed E-state index contributed by atoms with van der Waals surface area (Å²) in [4.78, 5) is 0. The first kappa shape index (κ1) is 16.0. The Morgan fingerprint density at radius 2 is 1.74 bits per heavy atom. The van der Waals surface area contributed by atoms with E-state index in [0.717, 1.165) is 12.2 Å². The molecule has 1 aromatic rings. The summed E-state index contributed by atoms with van der Waals surface area (Å²) in [5, 5.41) is 0. The third kappa shape index (κ3) is 6.08. The summed E-state index contributed by atoms with van der Waals surface area (Å²) in [6, 6.07) is 8.38. The van der Waals surface area contributed by atoms with Crippen LogP contribution in [0.1, 0.15) is 39.7 Å². The Bertz CT molecular complexity index is 354. The minimum atomic E-state index is 0.131. The van der Waals surface area contributed by atoms with Gasteiger partial charge in [-0.3, -0.25) is 0 Å². The van der Waals surface area contributed by atoms with Gasteiger partial charge in [-0.05, 0) is 29.5 Å². The van der Waals surface area contributed by atoms with E-state index in [4.69, 9.17) is 15.2 Å². The zero-order valence-electron chi connectivity index (χ0n) is 12.6. The van der Waals surface area contributed by atoms with Crippen LogP contribution in [0, 0.1) is 0 Å². The summed E-state index contributed by atoms with van der Waals surface area (Å²) >= 11 is 0. The van der Waals surface area contributed by atoms with Crippen LogP contribution in [-0.2, 0) is 10.2 Å². The van der Waals surface area contributed by atoms with Crippen molar-refractivity contribution in [2.24, 2.45) is 5.73 Å². The van der Waals surface area contributed by atoms with E-state index in [1.807, 2.05) is 12.1 Å². The van der Waals surface area contributed by atoms with Gasteiger partial charge in [0.1, 0.15) is 12.4 Å². The fourth-order valence-electron chi connectivity index (χ4n) is 1.62. The summed E-state index contributed by atoms with van der Waals surface area (Å²) in [5.74, 6) is 0.886. The SMILES string of the molecule is CCC(N)COCCOc1ccc(C(C)(C)C)cc1. The number of hydrogen-bond acceptors (Lipinski definition) is 3. The molecule has 0 radical (unpaired) electrons. The maximum Gasteiger partial charge on any atom is 0.119 e. The van der Waals surface area contributed by atoms with E-state index < -0.39 is 0 Å². The lowest BCUT2D eigenvalue weighted by molar-refractivity contribution is 0.0897. The van der Waals surface area contributed by atoms with E-state index in [1.165, 1.54) is 5.56 Å². The van der Waals surface area contributed by atoms with Crippen molar-refractivity contribution in [2.45, 2.75) is 45.6 Å². The molecule has 1 aromatic carbocycles. The van der Waals surface area contributed by atoms with Crippen LogP contribution in [-0.4, -0.2) is 25.9 Å². The summed E-state index contributed by atoms with van der Waals surface area (Å²) < 4.78 is 11.1. The molecular formula is C16H27NO2.